The minimum Gasteiger partial charge on any atom is -0.497 e. The number of likely N-dealkylation sites (N-methyl/N-ethyl adjacent to an activating group) is 1. The van der Waals surface area contributed by atoms with Crippen molar-refractivity contribution in [2.24, 2.45) is 0 Å². The number of ether oxygens (including phenoxy) is 1. The zero-order chi connectivity index (χ0) is 21.1. The number of fused-ring (bicyclic) bond motifs is 1. The van der Waals surface area contributed by atoms with Crippen LogP contribution < -0.4 is 4.74 Å². The zero-order valence-corrected chi connectivity index (χ0v) is 17.8. The first-order valence-electron chi connectivity index (χ1n) is 9.75. The largest absolute Gasteiger partial charge is 0.497 e. The van der Waals surface area contributed by atoms with Crippen molar-refractivity contribution < 1.29 is 9.13 Å². The molecule has 3 aromatic rings. The van der Waals surface area contributed by atoms with Crippen LogP contribution in [0.15, 0.2) is 53.6 Å². The van der Waals surface area contributed by atoms with Crippen LogP contribution in [0.25, 0.3) is 11.1 Å². The van der Waals surface area contributed by atoms with E-state index in [9.17, 15) is 9.65 Å². The lowest BCUT2D eigenvalue weighted by Gasteiger charge is -2.28. The van der Waals surface area contributed by atoms with E-state index in [2.05, 4.69) is 18.0 Å². The van der Waals surface area contributed by atoms with Gasteiger partial charge in [0, 0.05) is 36.5 Å². The van der Waals surface area contributed by atoms with Gasteiger partial charge in [0.15, 0.2) is 0 Å². The standard InChI is InChI=1S/C24H22FN3OS/c1-28-11-10-22-21(14-28)23(17-4-3-5-19(12-17)29-2)20(13-26)24(27-22)30-15-16-6-8-18(25)9-7-16/h3-9,12H,10-11,14-15H2,1-2H3. The van der Waals surface area contributed by atoms with Crippen LogP contribution in [0.2, 0.25) is 0 Å². The molecule has 30 heavy (non-hydrogen) atoms. The molecule has 2 aromatic carbocycles. The highest BCUT2D eigenvalue weighted by atomic mass is 32.2. The van der Waals surface area contributed by atoms with Crippen molar-refractivity contribution in [2.75, 3.05) is 20.7 Å². The van der Waals surface area contributed by atoms with Crippen LogP contribution in [-0.2, 0) is 18.7 Å². The van der Waals surface area contributed by atoms with Crippen molar-refractivity contribution in [1.29, 1.82) is 5.26 Å². The van der Waals surface area contributed by atoms with Crippen molar-refractivity contribution in [3.05, 3.63) is 76.7 Å². The molecule has 2 heterocycles. The predicted octanol–water partition coefficient (Wildman–Crippen LogP) is 5.05. The number of hydrogen-bond acceptors (Lipinski definition) is 5. The van der Waals surface area contributed by atoms with Crippen LogP contribution in [0.4, 0.5) is 4.39 Å². The van der Waals surface area contributed by atoms with Gasteiger partial charge in [-0.05, 0) is 48.0 Å². The lowest BCUT2D eigenvalue weighted by molar-refractivity contribution is 0.309. The Labute approximate surface area is 180 Å². The van der Waals surface area contributed by atoms with Gasteiger partial charge in [0.25, 0.3) is 0 Å². The normalized spacial score (nSPS) is 13.5. The Kier molecular flexibility index (Phi) is 6.03. The number of thioether (sulfide) groups is 1. The molecule has 4 rings (SSSR count). The molecule has 0 unspecified atom stereocenters. The van der Waals surface area contributed by atoms with Crippen LogP contribution in [-0.4, -0.2) is 30.6 Å². The summed E-state index contributed by atoms with van der Waals surface area (Å²) in [5.41, 5.74) is 5.64. The van der Waals surface area contributed by atoms with Gasteiger partial charge in [0.1, 0.15) is 22.7 Å². The molecule has 0 saturated carbocycles. The molecule has 0 N–H and O–H groups in total. The summed E-state index contributed by atoms with van der Waals surface area (Å²) in [7, 11) is 3.73. The second-order valence-electron chi connectivity index (χ2n) is 7.34. The van der Waals surface area contributed by atoms with Gasteiger partial charge in [-0.15, -0.1) is 11.8 Å². The molecule has 0 atom stereocenters. The number of benzene rings is 2. The van der Waals surface area contributed by atoms with Gasteiger partial charge in [-0.25, -0.2) is 9.37 Å². The molecule has 0 radical (unpaired) electrons. The van der Waals surface area contributed by atoms with Crippen LogP contribution in [0.1, 0.15) is 22.4 Å². The fraction of sp³-hybridized carbons (Fsp3) is 0.250. The van der Waals surface area contributed by atoms with Crippen molar-refractivity contribution >= 4 is 11.8 Å². The number of rotatable bonds is 5. The Bertz CT molecular complexity index is 1110. The van der Waals surface area contributed by atoms with E-state index < -0.39 is 0 Å². The van der Waals surface area contributed by atoms with Crippen LogP contribution in [0.3, 0.4) is 0 Å². The highest BCUT2D eigenvalue weighted by molar-refractivity contribution is 7.98. The SMILES string of the molecule is COc1cccc(-c2c(C#N)c(SCc3ccc(F)cc3)nc3c2CN(C)CC3)c1. The molecule has 0 amide bonds. The molecule has 1 aliphatic rings. The molecule has 1 aromatic heterocycles. The number of aromatic nitrogens is 1. The van der Waals surface area contributed by atoms with Crippen molar-refractivity contribution in [2.45, 2.75) is 23.7 Å². The van der Waals surface area contributed by atoms with E-state index in [4.69, 9.17) is 9.72 Å². The average molecular weight is 420 g/mol. The quantitative estimate of drug-likeness (QED) is 0.542. The van der Waals surface area contributed by atoms with E-state index in [0.29, 0.717) is 11.3 Å². The molecular formula is C24H22FN3OS. The van der Waals surface area contributed by atoms with Gasteiger partial charge in [-0.1, -0.05) is 24.3 Å². The van der Waals surface area contributed by atoms with E-state index in [1.54, 1.807) is 19.2 Å². The number of halogens is 1. The maximum absolute atomic E-state index is 13.2. The lowest BCUT2D eigenvalue weighted by Crippen LogP contribution is -2.28. The summed E-state index contributed by atoms with van der Waals surface area (Å²) in [6.45, 7) is 1.69. The van der Waals surface area contributed by atoms with Crippen LogP contribution in [0.5, 0.6) is 5.75 Å². The van der Waals surface area contributed by atoms with E-state index in [1.165, 1.54) is 23.9 Å². The molecule has 0 bridgehead atoms. The summed E-state index contributed by atoms with van der Waals surface area (Å²) < 4.78 is 18.6. The second kappa shape index (κ2) is 8.86. The van der Waals surface area contributed by atoms with Gasteiger partial charge in [0.05, 0.1) is 12.7 Å². The smallest absolute Gasteiger partial charge is 0.123 e. The number of pyridine rings is 1. The van der Waals surface area contributed by atoms with Gasteiger partial charge in [-0.2, -0.15) is 5.26 Å². The predicted molar refractivity (Wildman–Crippen MR) is 117 cm³/mol. The molecule has 0 spiro atoms. The maximum Gasteiger partial charge on any atom is 0.123 e. The third kappa shape index (κ3) is 4.18. The summed E-state index contributed by atoms with van der Waals surface area (Å²) in [5.74, 6) is 1.13. The summed E-state index contributed by atoms with van der Waals surface area (Å²) in [4.78, 5) is 7.14. The first kappa shape index (κ1) is 20.4. The molecular weight excluding hydrogens is 397 g/mol. The van der Waals surface area contributed by atoms with E-state index in [-0.39, 0.29) is 5.82 Å². The number of nitriles is 1. The van der Waals surface area contributed by atoms with Gasteiger partial charge in [0.2, 0.25) is 0 Å². The molecule has 4 nitrogen and oxygen atoms in total. The Morgan fingerprint density at radius 1 is 1.23 bits per heavy atom. The molecule has 0 aliphatic carbocycles. The van der Waals surface area contributed by atoms with E-state index in [0.717, 1.165) is 58.2 Å². The highest BCUT2D eigenvalue weighted by Crippen LogP contribution is 2.38. The summed E-state index contributed by atoms with van der Waals surface area (Å²) in [5, 5.41) is 10.8. The van der Waals surface area contributed by atoms with Gasteiger partial charge >= 0.3 is 0 Å². The average Bonchev–Trinajstić information content (AvgIpc) is 2.77. The fourth-order valence-corrected chi connectivity index (χ4v) is 4.67. The Morgan fingerprint density at radius 3 is 2.77 bits per heavy atom. The third-order valence-corrected chi connectivity index (χ3v) is 6.31. The van der Waals surface area contributed by atoms with Crippen LogP contribution in [0, 0.1) is 17.1 Å². The first-order chi connectivity index (χ1) is 14.6. The monoisotopic (exact) mass is 419 g/mol. The van der Waals surface area contributed by atoms with E-state index >= 15 is 0 Å². The zero-order valence-electron chi connectivity index (χ0n) is 17.0. The minimum absolute atomic E-state index is 0.252. The summed E-state index contributed by atoms with van der Waals surface area (Å²) in [6.07, 6.45) is 0.846. The van der Waals surface area contributed by atoms with Crippen LogP contribution >= 0.6 is 11.8 Å². The molecule has 1 aliphatic heterocycles. The highest BCUT2D eigenvalue weighted by Gasteiger charge is 2.25. The van der Waals surface area contributed by atoms with Gasteiger partial charge in [-0.3, -0.25) is 0 Å². The van der Waals surface area contributed by atoms with Gasteiger partial charge < -0.3 is 9.64 Å². The molecule has 6 heteroatoms. The maximum atomic E-state index is 13.2. The third-order valence-electron chi connectivity index (χ3n) is 5.27. The number of hydrogen-bond donors (Lipinski definition) is 0. The fourth-order valence-electron chi connectivity index (χ4n) is 3.71. The second-order valence-corrected chi connectivity index (χ2v) is 8.30. The lowest BCUT2D eigenvalue weighted by atomic mass is 9.91. The number of nitrogens with zero attached hydrogens (tertiary/aromatic N) is 3. The molecule has 0 saturated heterocycles. The van der Waals surface area contributed by atoms with Crippen molar-refractivity contribution in [1.82, 2.24) is 9.88 Å². The number of methoxy groups -OCH3 is 1. The van der Waals surface area contributed by atoms with Crippen molar-refractivity contribution in [3.63, 3.8) is 0 Å². The summed E-state index contributed by atoms with van der Waals surface area (Å²) in [6, 6.07) is 16.7. The van der Waals surface area contributed by atoms with Crippen molar-refractivity contribution in [3.8, 4) is 22.9 Å². The minimum atomic E-state index is -0.252. The Hall–Kier alpha value is -2.88. The topological polar surface area (TPSA) is 49.1 Å². The first-order valence-corrected chi connectivity index (χ1v) is 10.7. The molecule has 152 valence electrons. The Morgan fingerprint density at radius 2 is 2.03 bits per heavy atom. The summed E-state index contributed by atoms with van der Waals surface area (Å²) >= 11 is 1.52. The molecule has 0 fully saturated rings. The van der Waals surface area contributed by atoms with E-state index in [1.807, 2.05) is 24.3 Å². The Balaban J connectivity index is 1.81.